The summed E-state index contributed by atoms with van der Waals surface area (Å²) in [5.74, 6) is 2.54. The van der Waals surface area contributed by atoms with Crippen LogP contribution in [0.1, 0.15) is 24.4 Å². The Kier molecular flexibility index (Phi) is 6.39. The monoisotopic (exact) mass is 395 g/mol. The van der Waals surface area contributed by atoms with Gasteiger partial charge in [0.1, 0.15) is 29.1 Å². The van der Waals surface area contributed by atoms with Gasteiger partial charge in [-0.05, 0) is 48.9 Å². The smallest absolute Gasteiger partial charge is 0.261 e. The number of aromatic nitrogens is 2. The first-order valence-corrected chi connectivity index (χ1v) is 9.24. The third-order valence-corrected chi connectivity index (χ3v) is 4.59. The maximum absolute atomic E-state index is 12.9. The number of hydrogen-bond acceptors (Lipinski definition) is 5. The van der Waals surface area contributed by atoms with E-state index < -0.39 is 12.1 Å². The van der Waals surface area contributed by atoms with Gasteiger partial charge < -0.3 is 24.1 Å². The van der Waals surface area contributed by atoms with E-state index in [1.165, 1.54) is 0 Å². The molecule has 3 rings (SSSR count). The lowest BCUT2D eigenvalue weighted by Crippen LogP contribution is -2.39. The number of rotatable bonds is 8. The van der Waals surface area contributed by atoms with Crippen LogP contribution in [0.25, 0.3) is 0 Å². The Morgan fingerprint density at radius 2 is 1.52 bits per heavy atom. The summed E-state index contributed by atoms with van der Waals surface area (Å²) in [6.45, 7) is 1.71. The predicted molar refractivity (Wildman–Crippen MR) is 109 cm³/mol. The maximum atomic E-state index is 12.9. The molecule has 2 atom stereocenters. The standard InChI is InChI=1S/C22H25N3O4/c1-15(29-19-11-9-18(28-4)10-12-19)22(26)24-20(21-23-13-14-25(21)2)16-5-7-17(27-3)8-6-16/h5-15,20H,1-4H3,(H,24,26). The normalized spacial score (nSPS) is 12.7. The fraction of sp³-hybridized carbons (Fsp3) is 0.273. The summed E-state index contributed by atoms with van der Waals surface area (Å²) in [6, 6.07) is 14.2. The molecule has 152 valence electrons. The van der Waals surface area contributed by atoms with Crippen LogP contribution in [-0.2, 0) is 11.8 Å². The molecular weight excluding hydrogens is 370 g/mol. The van der Waals surface area contributed by atoms with Gasteiger partial charge in [0.2, 0.25) is 0 Å². The zero-order chi connectivity index (χ0) is 20.8. The lowest BCUT2D eigenvalue weighted by molar-refractivity contribution is -0.127. The van der Waals surface area contributed by atoms with Crippen molar-refractivity contribution in [2.45, 2.75) is 19.1 Å². The first-order valence-electron chi connectivity index (χ1n) is 9.24. The third kappa shape index (κ3) is 4.87. The summed E-state index contributed by atoms with van der Waals surface area (Å²) in [5.41, 5.74) is 0.894. The molecule has 3 aromatic rings. The molecule has 7 nitrogen and oxygen atoms in total. The van der Waals surface area contributed by atoms with Gasteiger partial charge in [0.05, 0.1) is 14.2 Å². The molecule has 1 N–H and O–H groups in total. The summed E-state index contributed by atoms with van der Waals surface area (Å²) in [6.07, 6.45) is 2.86. The minimum absolute atomic E-state index is 0.246. The number of aryl methyl sites for hydroxylation is 1. The van der Waals surface area contributed by atoms with Crippen molar-refractivity contribution in [1.82, 2.24) is 14.9 Å². The van der Waals surface area contributed by atoms with Crippen LogP contribution in [0.15, 0.2) is 60.9 Å². The Hall–Kier alpha value is -3.48. The van der Waals surface area contributed by atoms with Crippen LogP contribution in [0, 0.1) is 0 Å². The number of imidazole rings is 1. The number of nitrogens with one attached hydrogen (secondary N) is 1. The third-order valence-electron chi connectivity index (χ3n) is 4.59. The van der Waals surface area contributed by atoms with Crippen molar-refractivity contribution in [2.75, 3.05) is 14.2 Å². The van der Waals surface area contributed by atoms with Gasteiger partial charge in [-0.25, -0.2) is 4.98 Å². The molecule has 1 heterocycles. The van der Waals surface area contributed by atoms with E-state index >= 15 is 0 Å². The fourth-order valence-corrected chi connectivity index (χ4v) is 2.92. The van der Waals surface area contributed by atoms with Gasteiger partial charge in [0.15, 0.2) is 6.10 Å². The molecule has 0 fully saturated rings. The molecule has 1 amide bonds. The number of amides is 1. The highest BCUT2D eigenvalue weighted by atomic mass is 16.5. The van der Waals surface area contributed by atoms with Crippen LogP contribution >= 0.6 is 0 Å². The predicted octanol–water partition coefficient (Wildman–Crippen LogP) is 3.11. The number of hydrogen-bond donors (Lipinski definition) is 1. The van der Waals surface area contributed by atoms with Crippen LogP contribution in [0.3, 0.4) is 0 Å². The van der Waals surface area contributed by atoms with Gasteiger partial charge in [-0.3, -0.25) is 4.79 Å². The molecule has 0 aliphatic rings. The van der Waals surface area contributed by atoms with Crippen molar-refractivity contribution < 1.29 is 19.0 Å². The van der Waals surface area contributed by atoms with E-state index in [0.717, 1.165) is 22.9 Å². The molecule has 0 saturated carbocycles. The average molecular weight is 395 g/mol. The van der Waals surface area contributed by atoms with Crippen molar-refractivity contribution in [3.8, 4) is 17.2 Å². The zero-order valence-electron chi connectivity index (χ0n) is 17.0. The minimum atomic E-state index is -0.690. The van der Waals surface area contributed by atoms with Crippen molar-refractivity contribution in [1.29, 1.82) is 0 Å². The largest absolute Gasteiger partial charge is 0.497 e. The SMILES string of the molecule is COc1ccc(OC(C)C(=O)NC(c2ccc(OC)cc2)c2nccn2C)cc1. The van der Waals surface area contributed by atoms with E-state index in [0.29, 0.717) is 5.75 Å². The molecule has 2 aromatic carbocycles. The van der Waals surface area contributed by atoms with E-state index in [2.05, 4.69) is 10.3 Å². The number of carbonyl (C=O) groups is 1. The first kappa shape index (κ1) is 20.3. The molecule has 2 unspecified atom stereocenters. The molecule has 7 heteroatoms. The van der Waals surface area contributed by atoms with E-state index in [1.54, 1.807) is 51.6 Å². The van der Waals surface area contributed by atoms with Gasteiger partial charge in [-0.1, -0.05) is 12.1 Å². The topological polar surface area (TPSA) is 74.6 Å². The number of ether oxygens (including phenoxy) is 3. The second-order valence-corrected chi connectivity index (χ2v) is 6.55. The Bertz CT molecular complexity index is 935. The molecule has 29 heavy (non-hydrogen) atoms. The highest BCUT2D eigenvalue weighted by molar-refractivity contribution is 5.81. The van der Waals surface area contributed by atoms with Crippen molar-refractivity contribution in [2.24, 2.45) is 7.05 Å². The van der Waals surface area contributed by atoms with Gasteiger partial charge in [-0.2, -0.15) is 0 Å². The molecule has 0 bridgehead atoms. The number of benzene rings is 2. The number of methoxy groups -OCH3 is 2. The van der Waals surface area contributed by atoms with Crippen LogP contribution < -0.4 is 19.5 Å². The quantitative estimate of drug-likeness (QED) is 0.634. The highest BCUT2D eigenvalue weighted by Gasteiger charge is 2.24. The number of nitrogens with zero attached hydrogens (tertiary/aromatic N) is 2. The lowest BCUT2D eigenvalue weighted by Gasteiger charge is -2.22. The summed E-state index contributed by atoms with van der Waals surface area (Å²) in [4.78, 5) is 17.3. The van der Waals surface area contributed by atoms with Gasteiger partial charge in [0.25, 0.3) is 5.91 Å². The molecule has 0 spiro atoms. The van der Waals surface area contributed by atoms with E-state index in [9.17, 15) is 4.79 Å². The Labute approximate surface area is 170 Å². The zero-order valence-corrected chi connectivity index (χ0v) is 17.0. The average Bonchev–Trinajstić information content (AvgIpc) is 3.18. The summed E-state index contributed by atoms with van der Waals surface area (Å²) in [5, 5.41) is 3.04. The van der Waals surface area contributed by atoms with Gasteiger partial charge in [0, 0.05) is 19.4 Å². The Morgan fingerprint density at radius 3 is 2.03 bits per heavy atom. The van der Waals surface area contributed by atoms with Crippen LogP contribution in [-0.4, -0.2) is 35.8 Å². The highest BCUT2D eigenvalue weighted by Crippen LogP contribution is 2.24. The molecule has 0 aliphatic heterocycles. The van der Waals surface area contributed by atoms with Crippen molar-refractivity contribution >= 4 is 5.91 Å². The summed E-state index contributed by atoms with van der Waals surface area (Å²) < 4.78 is 18.0. The van der Waals surface area contributed by atoms with E-state index in [4.69, 9.17) is 14.2 Å². The summed E-state index contributed by atoms with van der Waals surface area (Å²) in [7, 11) is 5.11. The van der Waals surface area contributed by atoms with Crippen LogP contribution in [0.2, 0.25) is 0 Å². The molecule has 0 saturated heterocycles. The van der Waals surface area contributed by atoms with Crippen LogP contribution in [0.4, 0.5) is 0 Å². The Balaban J connectivity index is 1.77. The molecule has 0 radical (unpaired) electrons. The Morgan fingerprint density at radius 1 is 0.966 bits per heavy atom. The first-order chi connectivity index (χ1) is 14.0. The lowest BCUT2D eigenvalue weighted by atomic mass is 10.1. The molecular formula is C22H25N3O4. The second kappa shape index (κ2) is 9.14. The second-order valence-electron chi connectivity index (χ2n) is 6.55. The van der Waals surface area contributed by atoms with Crippen molar-refractivity contribution in [3.63, 3.8) is 0 Å². The van der Waals surface area contributed by atoms with Crippen LogP contribution in [0.5, 0.6) is 17.2 Å². The maximum Gasteiger partial charge on any atom is 0.261 e. The van der Waals surface area contributed by atoms with E-state index in [-0.39, 0.29) is 5.91 Å². The van der Waals surface area contributed by atoms with Gasteiger partial charge in [-0.15, -0.1) is 0 Å². The molecule has 1 aromatic heterocycles. The van der Waals surface area contributed by atoms with Gasteiger partial charge >= 0.3 is 0 Å². The minimum Gasteiger partial charge on any atom is -0.497 e. The van der Waals surface area contributed by atoms with E-state index in [1.807, 2.05) is 42.1 Å². The number of carbonyl (C=O) groups excluding carboxylic acids is 1. The fourth-order valence-electron chi connectivity index (χ4n) is 2.92. The van der Waals surface area contributed by atoms with Crippen molar-refractivity contribution in [3.05, 3.63) is 72.3 Å². The summed E-state index contributed by atoms with van der Waals surface area (Å²) >= 11 is 0. The molecule has 0 aliphatic carbocycles.